The zero-order valence-corrected chi connectivity index (χ0v) is 14.0. The van der Waals surface area contributed by atoms with Crippen LogP contribution in [-0.4, -0.2) is 6.54 Å². The van der Waals surface area contributed by atoms with Crippen LogP contribution in [0.3, 0.4) is 0 Å². The highest BCUT2D eigenvalue weighted by atomic mass is 15.0. The molecular weight excluding hydrogens is 278 g/mol. The molecule has 1 N–H and O–H groups in total. The lowest BCUT2D eigenvalue weighted by Crippen LogP contribution is -2.42. The summed E-state index contributed by atoms with van der Waals surface area (Å²) < 4.78 is 0. The summed E-state index contributed by atoms with van der Waals surface area (Å²) in [5.41, 5.74) is 2.73. The highest BCUT2D eigenvalue weighted by Crippen LogP contribution is 2.33. The lowest BCUT2D eigenvalue weighted by atomic mass is 9.83. The summed E-state index contributed by atoms with van der Waals surface area (Å²) in [5.74, 6) is 0.891. The Hall–Kier alpha value is -1.86. The van der Waals surface area contributed by atoms with E-state index in [1.807, 2.05) is 0 Å². The number of hydrogen-bond donors (Lipinski definition) is 1. The van der Waals surface area contributed by atoms with Crippen molar-refractivity contribution in [2.75, 3.05) is 6.54 Å². The fraction of sp³-hybridized carbons (Fsp3) is 0.364. The van der Waals surface area contributed by atoms with E-state index in [1.165, 1.54) is 24.0 Å². The van der Waals surface area contributed by atoms with Crippen LogP contribution in [0.2, 0.25) is 0 Å². The topological polar surface area (TPSA) is 12.0 Å². The zero-order chi connectivity index (χ0) is 16.0. The van der Waals surface area contributed by atoms with E-state index >= 15 is 0 Å². The smallest absolute Gasteiger partial charge is 0.0467 e. The summed E-state index contributed by atoms with van der Waals surface area (Å²) in [6.45, 7) is 3.44. The Labute approximate surface area is 140 Å². The van der Waals surface area contributed by atoms with E-state index in [9.17, 15) is 0 Å². The van der Waals surface area contributed by atoms with Gasteiger partial charge in [0, 0.05) is 5.54 Å². The van der Waals surface area contributed by atoms with Gasteiger partial charge in [-0.05, 0) is 49.3 Å². The predicted molar refractivity (Wildman–Crippen MR) is 99.2 cm³/mol. The highest BCUT2D eigenvalue weighted by Gasteiger charge is 2.31. The molecule has 1 saturated carbocycles. The second kappa shape index (κ2) is 7.61. The molecule has 23 heavy (non-hydrogen) atoms. The number of rotatable bonds is 8. The minimum atomic E-state index is 0.0507. The van der Waals surface area contributed by atoms with E-state index in [-0.39, 0.29) is 5.54 Å². The molecule has 1 unspecified atom stereocenters. The number of hydrogen-bond acceptors (Lipinski definition) is 1. The van der Waals surface area contributed by atoms with E-state index in [2.05, 4.69) is 85.1 Å². The Morgan fingerprint density at radius 2 is 1.65 bits per heavy atom. The second-order valence-corrected chi connectivity index (χ2v) is 6.64. The van der Waals surface area contributed by atoms with Crippen LogP contribution >= 0.6 is 0 Å². The molecule has 0 radical (unpaired) electrons. The Bertz CT molecular complexity index is 613. The molecule has 120 valence electrons. The molecule has 1 fully saturated rings. The van der Waals surface area contributed by atoms with Gasteiger partial charge in [-0.2, -0.15) is 0 Å². The largest absolute Gasteiger partial charge is 0.307 e. The Morgan fingerprint density at radius 3 is 2.26 bits per heavy atom. The molecule has 1 aliphatic carbocycles. The summed E-state index contributed by atoms with van der Waals surface area (Å²) in [6, 6.07) is 21.5. The SMILES string of the molecule is CCC(CC=Cc1ccccc1)(NCC1CC1)c1ccccc1. The van der Waals surface area contributed by atoms with Crippen LogP contribution in [0.1, 0.15) is 43.7 Å². The quantitative estimate of drug-likeness (QED) is 0.689. The summed E-state index contributed by atoms with van der Waals surface area (Å²) in [6.07, 6.45) is 9.47. The van der Waals surface area contributed by atoms with E-state index < -0.39 is 0 Å². The summed E-state index contributed by atoms with van der Waals surface area (Å²) >= 11 is 0. The van der Waals surface area contributed by atoms with Crippen molar-refractivity contribution in [3.05, 3.63) is 77.9 Å². The minimum absolute atomic E-state index is 0.0507. The average Bonchev–Trinajstić information content (AvgIpc) is 3.44. The number of nitrogens with one attached hydrogen (secondary N) is 1. The standard InChI is InChI=1S/C22H27N/c1-2-22(23-18-20-15-16-20,21-13-7-4-8-14-21)17-9-12-19-10-5-3-6-11-19/h3-14,20,23H,2,15-18H2,1H3. The van der Waals surface area contributed by atoms with E-state index in [1.54, 1.807) is 0 Å². The van der Waals surface area contributed by atoms with Gasteiger partial charge in [0.2, 0.25) is 0 Å². The maximum Gasteiger partial charge on any atom is 0.0467 e. The van der Waals surface area contributed by atoms with Crippen molar-refractivity contribution >= 4 is 6.08 Å². The first-order valence-corrected chi connectivity index (χ1v) is 8.84. The van der Waals surface area contributed by atoms with Gasteiger partial charge >= 0.3 is 0 Å². The van der Waals surface area contributed by atoms with Crippen molar-refractivity contribution in [2.45, 2.75) is 38.1 Å². The van der Waals surface area contributed by atoms with Gasteiger partial charge in [0.1, 0.15) is 0 Å². The van der Waals surface area contributed by atoms with Gasteiger partial charge in [-0.15, -0.1) is 0 Å². The number of benzene rings is 2. The zero-order valence-electron chi connectivity index (χ0n) is 14.0. The first-order chi connectivity index (χ1) is 11.3. The van der Waals surface area contributed by atoms with Gasteiger partial charge in [-0.1, -0.05) is 79.7 Å². The summed E-state index contributed by atoms with van der Waals surface area (Å²) in [4.78, 5) is 0. The van der Waals surface area contributed by atoms with Crippen molar-refractivity contribution in [3.63, 3.8) is 0 Å². The molecule has 3 rings (SSSR count). The van der Waals surface area contributed by atoms with Crippen molar-refractivity contribution in [1.82, 2.24) is 5.32 Å². The van der Waals surface area contributed by atoms with E-state index in [0.717, 1.165) is 25.3 Å². The van der Waals surface area contributed by atoms with Gasteiger partial charge in [0.05, 0.1) is 0 Å². The highest BCUT2D eigenvalue weighted by molar-refractivity contribution is 5.49. The van der Waals surface area contributed by atoms with Crippen molar-refractivity contribution in [3.8, 4) is 0 Å². The molecule has 2 aromatic rings. The summed E-state index contributed by atoms with van der Waals surface area (Å²) in [7, 11) is 0. The third-order valence-electron chi connectivity index (χ3n) is 4.93. The van der Waals surface area contributed by atoms with Crippen LogP contribution in [-0.2, 0) is 5.54 Å². The van der Waals surface area contributed by atoms with Crippen LogP contribution in [0.4, 0.5) is 0 Å². The van der Waals surface area contributed by atoms with Gasteiger partial charge < -0.3 is 5.32 Å². The third-order valence-corrected chi connectivity index (χ3v) is 4.93. The molecule has 2 aromatic carbocycles. The molecule has 1 nitrogen and oxygen atoms in total. The lowest BCUT2D eigenvalue weighted by Gasteiger charge is -2.34. The second-order valence-electron chi connectivity index (χ2n) is 6.64. The van der Waals surface area contributed by atoms with Gasteiger partial charge in [-0.3, -0.25) is 0 Å². The maximum atomic E-state index is 3.90. The van der Waals surface area contributed by atoms with E-state index in [4.69, 9.17) is 0 Å². The molecule has 0 bridgehead atoms. The third kappa shape index (κ3) is 4.33. The first-order valence-electron chi connectivity index (χ1n) is 8.84. The fourth-order valence-electron chi connectivity index (χ4n) is 3.14. The molecule has 1 atom stereocenters. The fourth-order valence-corrected chi connectivity index (χ4v) is 3.14. The van der Waals surface area contributed by atoms with Gasteiger partial charge in [0.15, 0.2) is 0 Å². The molecule has 1 heteroatoms. The van der Waals surface area contributed by atoms with Crippen LogP contribution in [0.25, 0.3) is 6.08 Å². The van der Waals surface area contributed by atoms with Crippen LogP contribution in [0, 0.1) is 5.92 Å². The van der Waals surface area contributed by atoms with Gasteiger partial charge in [0.25, 0.3) is 0 Å². The molecule has 0 amide bonds. The van der Waals surface area contributed by atoms with Crippen molar-refractivity contribution in [1.29, 1.82) is 0 Å². The van der Waals surface area contributed by atoms with Crippen molar-refractivity contribution in [2.24, 2.45) is 5.92 Å². The Morgan fingerprint density at radius 1 is 1.00 bits per heavy atom. The van der Waals surface area contributed by atoms with Crippen LogP contribution in [0.15, 0.2) is 66.7 Å². The Kier molecular flexibility index (Phi) is 5.30. The van der Waals surface area contributed by atoms with Crippen LogP contribution in [0.5, 0.6) is 0 Å². The summed E-state index contributed by atoms with van der Waals surface area (Å²) in [5, 5.41) is 3.90. The first kappa shape index (κ1) is 16.0. The molecular formula is C22H27N. The minimum Gasteiger partial charge on any atom is -0.307 e. The molecule has 0 aromatic heterocycles. The van der Waals surface area contributed by atoms with E-state index in [0.29, 0.717) is 0 Å². The monoisotopic (exact) mass is 305 g/mol. The van der Waals surface area contributed by atoms with Crippen molar-refractivity contribution < 1.29 is 0 Å². The normalized spacial score (nSPS) is 17.3. The average molecular weight is 305 g/mol. The molecule has 0 saturated heterocycles. The molecule has 0 heterocycles. The van der Waals surface area contributed by atoms with Crippen LogP contribution < -0.4 is 5.32 Å². The predicted octanol–water partition coefficient (Wildman–Crippen LogP) is 5.40. The molecule has 0 spiro atoms. The molecule has 0 aliphatic heterocycles. The van der Waals surface area contributed by atoms with Gasteiger partial charge in [-0.25, -0.2) is 0 Å². The maximum absolute atomic E-state index is 3.90. The Balaban J connectivity index is 1.77. The lowest BCUT2D eigenvalue weighted by molar-refractivity contribution is 0.318. The molecule has 1 aliphatic rings.